The van der Waals surface area contributed by atoms with Crippen molar-refractivity contribution in [2.75, 3.05) is 0 Å². The number of allylic oxidation sites excluding steroid dienone is 3. The lowest BCUT2D eigenvalue weighted by Crippen LogP contribution is -2.49. The SMILES string of the molecule is C=CC(=C)CC[C@H]1C(=C)CC[C@@H]2C(C)(C)CCC[C@@]21C. The van der Waals surface area contributed by atoms with Crippen molar-refractivity contribution in [1.82, 2.24) is 0 Å². The third-order valence-corrected chi connectivity index (χ3v) is 6.36. The van der Waals surface area contributed by atoms with Gasteiger partial charge in [0.2, 0.25) is 0 Å². The Hall–Kier alpha value is -0.780. The molecule has 0 aliphatic heterocycles. The van der Waals surface area contributed by atoms with Crippen molar-refractivity contribution in [2.45, 2.75) is 65.7 Å². The Morgan fingerprint density at radius 3 is 2.65 bits per heavy atom. The fourth-order valence-electron chi connectivity index (χ4n) is 5.24. The van der Waals surface area contributed by atoms with E-state index in [0.29, 0.717) is 16.7 Å². The molecule has 2 rings (SSSR count). The Kier molecular flexibility index (Phi) is 4.33. The molecule has 0 nitrogen and oxygen atoms in total. The molecule has 0 heteroatoms. The molecule has 2 aliphatic rings. The first kappa shape index (κ1) is 15.6. The quantitative estimate of drug-likeness (QED) is 0.415. The highest BCUT2D eigenvalue weighted by molar-refractivity contribution is 5.18. The van der Waals surface area contributed by atoms with Gasteiger partial charge in [-0.1, -0.05) is 64.2 Å². The molecule has 0 spiro atoms. The monoisotopic (exact) mass is 272 g/mol. The Morgan fingerprint density at radius 1 is 1.30 bits per heavy atom. The highest BCUT2D eigenvalue weighted by atomic mass is 14.6. The number of hydrogen-bond donors (Lipinski definition) is 0. The third kappa shape index (κ3) is 2.67. The van der Waals surface area contributed by atoms with E-state index in [1.807, 2.05) is 6.08 Å². The Balaban J connectivity index is 2.22. The predicted octanol–water partition coefficient (Wildman–Crippen LogP) is 6.31. The van der Waals surface area contributed by atoms with Crippen molar-refractivity contribution in [2.24, 2.45) is 22.7 Å². The van der Waals surface area contributed by atoms with Gasteiger partial charge >= 0.3 is 0 Å². The van der Waals surface area contributed by atoms with Crippen LogP contribution in [0.25, 0.3) is 0 Å². The summed E-state index contributed by atoms with van der Waals surface area (Å²) in [7, 11) is 0. The molecule has 0 N–H and O–H groups in total. The van der Waals surface area contributed by atoms with Gasteiger partial charge in [-0.25, -0.2) is 0 Å². The molecule has 112 valence electrons. The fraction of sp³-hybridized carbons (Fsp3) is 0.700. The molecule has 3 atom stereocenters. The van der Waals surface area contributed by atoms with Crippen molar-refractivity contribution < 1.29 is 0 Å². The number of fused-ring (bicyclic) bond motifs is 1. The van der Waals surface area contributed by atoms with E-state index in [2.05, 4.69) is 40.5 Å². The first-order chi connectivity index (χ1) is 9.31. The van der Waals surface area contributed by atoms with Crippen LogP contribution in [0, 0.1) is 22.7 Å². The third-order valence-electron chi connectivity index (χ3n) is 6.36. The van der Waals surface area contributed by atoms with Gasteiger partial charge in [0.15, 0.2) is 0 Å². The molecule has 2 saturated carbocycles. The molecule has 2 fully saturated rings. The van der Waals surface area contributed by atoms with Gasteiger partial charge in [0.05, 0.1) is 0 Å². The molecule has 0 amide bonds. The van der Waals surface area contributed by atoms with Crippen molar-refractivity contribution in [1.29, 1.82) is 0 Å². The first-order valence-electron chi connectivity index (χ1n) is 8.29. The van der Waals surface area contributed by atoms with Gasteiger partial charge in [0.25, 0.3) is 0 Å². The smallest absolute Gasteiger partial charge is 0.0146 e. The number of rotatable bonds is 4. The zero-order chi connectivity index (χ0) is 15.0. The van der Waals surface area contributed by atoms with E-state index in [-0.39, 0.29) is 0 Å². The van der Waals surface area contributed by atoms with Gasteiger partial charge in [-0.2, -0.15) is 0 Å². The second-order valence-electron chi connectivity index (χ2n) is 8.05. The minimum absolute atomic E-state index is 0.457. The van der Waals surface area contributed by atoms with E-state index < -0.39 is 0 Å². The summed E-state index contributed by atoms with van der Waals surface area (Å²) in [6.45, 7) is 19.9. The zero-order valence-corrected chi connectivity index (χ0v) is 13.8. The molecule has 0 aromatic heterocycles. The lowest BCUT2D eigenvalue weighted by Gasteiger charge is -2.58. The van der Waals surface area contributed by atoms with E-state index >= 15 is 0 Å². The van der Waals surface area contributed by atoms with E-state index in [0.717, 1.165) is 12.3 Å². The molecule has 0 heterocycles. The molecule has 0 aromatic carbocycles. The molecule has 2 aliphatic carbocycles. The molecule has 0 unspecified atom stereocenters. The Labute approximate surface area is 126 Å². The van der Waals surface area contributed by atoms with Gasteiger partial charge in [0, 0.05) is 0 Å². The lowest BCUT2D eigenvalue weighted by atomic mass is 9.47. The number of hydrogen-bond acceptors (Lipinski definition) is 0. The second kappa shape index (κ2) is 5.54. The molecular formula is C20H32. The Bertz CT molecular complexity index is 412. The maximum absolute atomic E-state index is 4.43. The first-order valence-corrected chi connectivity index (χ1v) is 8.29. The minimum Gasteiger partial charge on any atom is -0.0996 e. The van der Waals surface area contributed by atoms with Gasteiger partial charge < -0.3 is 0 Å². The molecule has 0 bridgehead atoms. The van der Waals surface area contributed by atoms with Crippen molar-refractivity contribution >= 4 is 0 Å². The summed E-state index contributed by atoms with van der Waals surface area (Å²) in [5.41, 5.74) is 3.64. The van der Waals surface area contributed by atoms with Crippen molar-refractivity contribution in [3.63, 3.8) is 0 Å². The standard InChI is InChI=1S/C20H32/c1-7-15(2)9-11-17-16(3)10-12-18-19(4,5)13-8-14-20(17,18)6/h7,17-18H,1-3,8-14H2,4-6H3/t17-,18+,20+/m0/s1. The van der Waals surface area contributed by atoms with Gasteiger partial charge in [0.1, 0.15) is 0 Å². The van der Waals surface area contributed by atoms with Crippen LogP contribution in [0.3, 0.4) is 0 Å². The van der Waals surface area contributed by atoms with Crippen LogP contribution in [0.15, 0.2) is 37.0 Å². The maximum Gasteiger partial charge on any atom is -0.0146 e. The van der Waals surface area contributed by atoms with Gasteiger partial charge in [-0.05, 0) is 61.2 Å². The molecule has 0 saturated heterocycles. The summed E-state index contributed by atoms with van der Waals surface area (Å²) < 4.78 is 0. The van der Waals surface area contributed by atoms with Crippen LogP contribution >= 0.6 is 0 Å². The van der Waals surface area contributed by atoms with Crippen molar-refractivity contribution in [3.05, 3.63) is 37.0 Å². The van der Waals surface area contributed by atoms with Crippen LogP contribution in [0.2, 0.25) is 0 Å². The van der Waals surface area contributed by atoms with Crippen LogP contribution < -0.4 is 0 Å². The lowest BCUT2D eigenvalue weighted by molar-refractivity contribution is -0.0538. The summed E-state index contributed by atoms with van der Waals surface area (Å²) >= 11 is 0. The van der Waals surface area contributed by atoms with Crippen LogP contribution in [0.4, 0.5) is 0 Å². The van der Waals surface area contributed by atoms with Crippen LogP contribution in [-0.2, 0) is 0 Å². The summed E-state index contributed by atoms with van der Waals surface area (Å²) in [6.07, 6.45) is 10.9. The molecule has 0 aromatic rings. The van der Waals surface area contributed by atoms with E-state index in [1.165, 1.54) is 49.7 Å². The van der Waals surface area contributed by atoms with E-state index in [4.69, 9.17) is 0 Å². The van der Waals surface area contributed by atoms with Crippen LogP contribution in [-0.4, -0.2) is 0 Å². The van der Waals surface area contributed by atoms with E-state index in [9.17, 15) is 0 Å². The molecular weight excluding hydrogens is 240 g/mol. The minimum atomic E-state index is 0.457. The van der Waals surface area contributed by atoms with Gasteiger partial charge in [-0.15, -0.1) is 0 Å². The molecule has 0 radical (unpaired) electrons. The average Bonchev–Trinajstić information content (AvgIpc) is 2.36. The zero-order valence-electron chi connectivity index (χ0n) is 13.8. The highest BCUT2D eigenvalue weighted by Gasteiger charge is 2.52. The largest absolute Gasteiger partial charge is 0.0996 e. The highest BCUT2D eigenvalue weighted by Crippen LogP contribution is 2.61. The van der Waals surface area contributed by atoms with Crippen LogP contribution in [0.5, 0.6) is 0 Å². The second-order valence-corrected chi connectivity index (χ2v) is 8.05. The average molecular weight is 272 g/mol. The summed E-state index contributed by atoms with van der Waals surface area (Å²) in [4.78, 5) is 0. The fourth-order valence-corrected chi connectivity index (χ4v) is 5.24. The topological polar surface area (TPSA) is 0 Å². The predicted molar refractivity (Wildman–Crippen MR) is 89.7 cm³/mol. The summed E-state index contributed by atoms with van der Waals surface area (Å²) in [5, 5.41) is 0. The maximum atomic E-state index is 4.43. The summed E-state index contributed by atoms with van der Waals surface area (Å²) in [6, 6.07) is 0. The van der Waals surface area contributed by atoms with Gasteiger partial charge in [-0.3, -0.25) is 0 Å². The van der Waals surface area contributed by atoms with Crippen LogP contribution in [0.1, 0.15) is 65.7 Å². The van der Waals surface area contributed by atoms with Crippen molar-refractivity contribution in [3.8, 4) is 0 Å². The van der Waals surface area contributed by atoms with E-state index in [1.54, 1.807) is 0 Å². The Morgan fingerprint density at radius 2 is 2.00 bits per heavy atom. The normalized spacial score (nSPS) is 36.2. The molecule has 20 heavy (non-hydrogen) atoms. The summed E-state index contributed by atoms with van der Waals surface area (Å²) in [5.74, 6) is 1.54.